The first-order chi connectivity index (χ1) is 14.7. The fourth-order valence-corrected chi connectivity index (χ4v) is 3.87. The summed E-state index contributed by atoms with van der Waals surface area (Å²) in [6, 6.07) is 5.72. The number of aryl methyl sites for hydroxylation is 1. The summed E-state index contributed by atoms with van der Waals surface area (Å²) in [5.41, 5.74) is 1.93. The Hall–Kier alpha value is -1.47. The van der Waals surface area contributed by atoms with Crippen LogP contribution in [0.2, 0.25) is 0 Å². The Morgan fingerprint density at radius 3 is 2.25 bits per heavy atom. The molecule has 0 bridgehead atoms. The van der Waals surface area contributed by atoms with Crippen LogP contribution in [0.25, 0.3) is 0 Å². The van der Waals surface area contributed by atoms with Gasteiger partial charge in [-0.25, -0.2) is 4.79 Å². The number of alkyl carbamates (subject to hydrolysis) is 1. The predicted molar refractivity (Wildman–Crippen MR) is 135 cm³/mol. The van der Waals surface area contributed by atoms with Gasteiger partial charge in [-0.1, -0.05) is 33.6 Å². The Kier molecular flexibility index (Phi) is 11.3. The second-order valence-corrected chi connectivity index (χ2v) is 11.0. The van der Waals surface area contributed by atoms with Gasteiger partial charge in [0.25, 0.3) is 0 Å². The molecule has 8 heteroatoms. The van der Waals surface area contributed by atoms with Crippen molar-refractivity contribution in [2.75, 3.05) is 29.2 Å². The topological polar surface area (TPSA) is 67.9 Å². The molecule has 0 spiro atoms. The normalized spacial score (nSPS) is 12.8. The molecule has 0 saturated carbocycles. The van der Waals surface area contributed by atoms with Crippen molar-refractivity contribution < 1.29 is 19.1 Å². The quantitative estimate of drug-likeness (QED) is 0.313. The fourth-order valence-electron chi connectivity index (χ4n) is 3.24. The van der Waals surface area contributed by atoms with Gasteiger partial charge in [0.2, 0.25) is 0 Å². The van der Waals surface area contributed by atoms with Gasteiger partial charge < -0.3 is 19.7 Å². The van der Waals surface area contributed by atoms with E-state index in [9.17, 15) is 9.59 Å². The third-order valence-corrected chi connectivity index (χ3v) is 4.83. The molecule has 1 aromatic rings. The van der Waals surface area contributed by atoms with Crippen LogP contribution in [0.15, 0.2) is 18.2 Å². The number of nitrogens with zero attached hydrogens (tertiary/aromatic N) is 1. The average molecular weight is 534 g/mol. The van der Waals surface area contributed by atoms with E-state index in [-0.39, 0.29) is 12.4 Å². The molecule has 0 aliphatic carbocycles. The summed E-state index contributed by atoms with van der Waals surface area (Å²) < 4.78 is 10.9. The molecule has 0 aliphatic rings. The summed E-state index contributed by atoms with van der Waals surface area (Å²) in [5, 5.41) is 3.67. The minimum atomic E-state index is -0.637. The molecule has 0 unspecified atom stereocenters. The lowest BCUT2D eigenvalue weighted by Crippen LogP contribution is -2.42. The highest BCUT2D eigenvalue weighted by atomic mass is 79.9. The number of carbonyl (C=O) groups excluding carboxylic acids is 2. The van der Waals surface area contributed by atoms with Crippen molar-refractivity contribution in [3.05, 3.63) is 29.3 Å². The number of nitrogens with one attached hydrogen (secondary N) is 1. The van der Waals surface area contributed by atoms with Crippen molar-refractivity contribution in [3.63, 3.8) is 0 Å². The smallest absolute Gasteiger partial charge is 0.407 e. The summed E-state index contributed by atoms with van der Waals surface area (Å²) in [5.74, 6) is 0.128. The monoisotopic (exact) mass is 532 g/mol. The van der Waals surface area contributed by atoms with E-state index in [0.29, 0.717) is 18.8 Å². The number of esters is 1. The molecule has 1 N–H and O–H groups in total. The van der Waals surface area contributed by atoms with Crippen LogP contribution in [0.4, 0.5) is 10.5 Å². The Bertz CT molecular complexity index is 723. The van der Waals surface area contributed by atoms with E-state index in [0.717, 1.165) is 28.7 Å². The van der Waals surface area contributed by atoms with E-state index in [1.165, 1.54) is 0 Å². The van der Waals surface area contributed by atoms with Crippen LogP contribution in [0.1, 0.15) is 59.1 Å². The van der Waals surface area contributed by atoms with Crippen molar-refractivity contribution in [2.45, 2.75) is 78.6 Å². The predicted octanol–water partition coefficient (Wildman–Crippen LogP) is 5.60. The van der Waals surface area contributed by atoms with Gasteiger partial charge in [-0.05, 0) is 66.5 Å². The lowest BCUT2D eigenvalue weighted by atomic mass is 9.99. The maximum absolute atomic E-state index is 12.6. The highest BCUT2D eigenvalue weighted by Crippen LogP contribution is 2.25. The minimum Gasteiger partial charge on any atom is -0.460 e. The molecular weight excluding hydrogens is 496 g/mol. The van der Waals surface area contributed by atoms with E-state index in [4.69, 9.17) is 21.1 Å². The number of rotatable bonds is 10. The van der Waals surface area contributed by atoms with Crippen LogP contribution in [0.5, 0.6) is 0 Å². The summed E-state index contributed by atoms with van der Waals surface area (Å²) in [6.07, 6.45) is -0.0626. The summed E-state index contributed by atoms with van der Waals surface area (Å²) in [6.45, 7) is 14.4. The standard InChI is InChI=1S/C24H38BrClN2O4/c1-17-8-9-20(28(12-10-25)13-11-26)18(14-17)15-19(16-21(29)31-23(2,3)4)27-22(30)32-24(5,6)7/h8-9,14,19H,10-13,15-16H2,1-7H3,(H,27,30)/t19-/m0/s1. The maximum Gasteiger partial charge on any atom is 0.407 e. The zero-order valence-electron chi connectivity index (χ0n) is 20.4. The molecule has 32 heavy (non-hydrogen) atoms. The lowest BCUT2D eigenvalue weighted by molar-refractivity contribution is -0.155. The van der Waals surface area contributed by atoms with Crippen molar-refractivity contribution in [1.29, 1.82) is 0 Å². The maximum atomic E-state index is 12.6. The van der Waals surface area contributed by atoms with Gasteiger partial charge in [0.15, 0.2) is 0 Å². The number of amides is 1. The SMILES string of the molecule is Cc1ccc(N(CCCl)CCBr)c(C[C@@H](CC(=O)OC(C)(C)C)NC(=O)OC(C)(C)C)c1. The highest BCUT2D eigenvalue weighted by molar-refractivity contribution is 9.09. The number of alkyl halides is 2. The van der Waals surface area contributed by atoms with Crippen LogP contribution in [0, 0.1) is 6.92 Å². The van der Waals surface area contributed by atoms with Gasteiger partial charge >= 0.3 is 12.1 Å². The zero-order valence-corrected chi connectivity index (χ0v) is 22.7. The summed E-state index contributed by atoms with van der Waals surface area (Å²) >= 11 is 9.55. The molecule has 0 fully saturated rings. The third-order valence-electron chi connectivity index (χ3n) is 4.30. The van der Waals surface area contributed by atoms with Crippen LogP contribution in [0.3, 0.4) is 0 Å². The molecule has 6 nitrogen and oxygen atoms in total. The number of hydrogen-bond donors (Lipinski definition) is 1. The second-order valence-electron chi connectivity index (χ2n) is 9.84. The van der Waals surface area contributed by atoms with Gasteiger partial charge in [-0.2, -0.15) is 0 Å². The summed E-state index contributed by atoms with van der Waals surface area (Å²) in [7, 11) is 0. The first-order valence-corrected chi connectivity index (χ1v) is 12.6. The first-order valence-electron chi connectivity index (χ1n) is 10.9. The molecule has 0 saturated heterocycles. The average Bonchev–Trinajstić information content (AvgIpc) is 2.58. The Morgan fingerprint density at radius 1 is 1.09 bits per heavy atom. The van der Waals surface area contributed by atoms with Crippen LogP contribution in [-0.4, -0.2) is 53.6 Å². The molecule has 0 aliphatic heterocycles. The van der Waals surface area contributed by atoms with Crippen molar-refractivity contribution in [1.82, 2.24) is 5.32 Å². The van der Waals surface area contributed by atoms with E-state index in [2.05, 4.69) is 44.3 Å². The molecule has 1 rings (SSSR count). The van der Waals surface area contributed by atoms with Gasteiger partial charge in [0.1, 0.15) is 11.2 Å². The zero-order chi connectivity index (χ0) is 24.5. The van der Waals surface area contributed by atoms with E-state index < -0.39 is 23.3 Å². The van der Waals surface area contributed by atoms with Crippen LogP contribution >= 0.6 is 27.5 Å². The first kappa shape index (κ1) is 28.6. The molecule has 0 heterocycles. The molecule has 182 valence electrons. The molecule has 0 aromatic heterocycles. The largest absolute Gasteiger partial charge is 0.460 e. The highest BCUT2D eigenvalue weighted by Gasteiger charge is 2.26. The molecule has 1 amide bonds. The third kappa shape index (κ3) is 11.4. The summed E-state index contributed by atoms with van der Waals surface area (Å²) in [4.78, 5) is 27.3. The Labute approximate surface area is 206 Å². The Morgan fingerprint density at radius 2 is 1.72 bits per heavy atom. The van der Waals surface area contributed by atoms with Crippen molar-refractivity contribution in [2.24, 2.45) is 0 Å². The molecular formula is C24H38BrClN2O4. The van der Waals surface area contributed by atoms with E-state index in [1.54, 1.807) is 20.8 Å². The number of benzene rings is 1. The van der Waals surface area contributed by atoms with Gasteiger partial charge in [0.05, 0.1) is 6.42 Å². The van der Waals surface area contributed by atoms with Crippen LogP contribution in [-0.2, 0) is 20.7 Å². The van der Waals surface area contributed by atoms with Gasteiger partial charge in [0, 0.05) is 36.0 Å². The van der Waals surface area contributed by atoms with Crippen LogP contribution < -0.4 is 10.2 Å². The van der Waals surface area contributed by atoms with E-state index >= 15 is 0 Å². The minimum absolute atomic E-state index is 0.0395. The second kappa shape index (κ2) is 12.7. The molecule has 1 atom stereocenters. The van der Waals surface area contributed by atoms with Gasteiger partial charge in [-0.15, -0.1) is 11.6 Å². The van der Waals surface area contributed by atoms with Crippen molar-refractivity contribution in [3.8, 4) is 0 Å². The number of carbonyl (C=O) groups is 2. The fraction of sp³-hybridized carbons (Fsp3) is 0.667. The number of ether oxygens (including phenoxy) is 2. The molecule has 0 radical (unpaired) electrons. The molecule has 1 aromatic carbocycles. The van der Waals surface area contributed by atoms with E-state index in [1.807, 2.05) is 27.7 Å². The Balaban J connectivity index is 3.20. The number of hydrogen-bond acceptors (Lipinski definition) is 5. The lowest BCUT2D eigenvalue weighted by Gasteiger charge is -2.29. The van der Waals surface area contributed by atoms with Gasteiger partial charge in [-0.3, -0.25) is 4.79 Å². The van der Waals surface area contributed by atoms with Crippen molar-refractivity contribution >= 4 is 45.3 Å². The number of halogens is 2. The number of anilines is 1.